The second kappa shape index (κ2) is 5.77. The van der Waals surface area contributed by atoms with Gasteiger partial charge in [0.15, 0.2) is 0 Å². The van der Waals surface area contributed by atoms with E-state index in [4.69, 9.17) is 9.84 Å². The van der Waals surface area contributed by atoms with Gasteiger partial charge < -0.3 is 9.84 Å². The molecule has 0 unspecified atom stereocenters. The molecular weight excluding hydrogens is 338 g/mol. The Morgan fingerprint density at radius 2 is 1.80 bits per heavy atom. The Labute approximate surface area is 103 Å². The molecule has 0 bridgehead atoms. The molecule has 0 heterocycles. The van der Waals surface area contributed by atoms with Crippen LogP contribution in [0, 0.1) is 0 Å². The molecule has 1 aromatic carbocycles. The molecule has 0 atom stereocenters. The fourth-order valence-corrected chi connectivity index (χ4v) is 2.50. The Bertz CT molecular complexity index is 322. The largest absolute Gasteiger partial charge is 0.485 e. The highest BCUT2D eigenvalue weighted by molar-refractivity contribution is 9.11. The van der Waals surface area contributed by atoms with Gasteiger partial charge in [-0.15, -0.1) is 0 Å². The summed E-state index contributed by atoms with van der Waals surface area (Å²) in [6.07, 6.45) is -2.51. The maximum absolute atomic E-state index is 11.9. The normalized spacial score (nSPS) is 10.8. The van der Waals surface area contributed by atoms with Crippen LogP contribution >= 0.6 is 31.9 Å². The predicted octanol–water partition coefficient (Wildman–Crippen LogP) is 3.35. The minimum Gasteiger partial charge on any atom is -0.485 e. The van der Waals surface area contributed by atoms with Gasteiger partial charge in [0.05, 0.1) is 15.6 Å². The van der Waals surface area contributed by atoms with E-state index in [1.165, 1.54) is 0 Å². The number of hydrogen-bond acceptors (Lipinski definition) is 2. The van der Waals surface area contributed by atoms with Crippen molar-refractivity contribution in [1.29, 1.82) is 0 Å². The molecule has 1 aromatic rings. The average molecular weight is 346 g/mol. The van der Waals surface area contributed by atoms with E-state index in [1.807, 2.05) is 0 Å². The summed E-state index contributed by atoms with van der Waals surface area (Å²) in [6.45, 7) is -0.776. The number of halogens is 4. The minimum absolute atomic E-state index is 0.119. The van der Waals surface area contributed by atoms with E-state index in [1.54, 1.807) is 12.1 Å². The van der Waals surface area contributed by atoms with Gasteiger partial charge in [0.1, 0.15) is 12.4 Å². The lowest BCUT2D eigenvalue weighted by Gasteiger charge is -2.11. The van der Waals surface area contributed by atoms with Crippen LogP contribution in [0.5, 0.6) is 5.75 Å². The number of hydrogen-bond donors (Lipinski definition) is 1. The molecule has 0 amide bonds. The van der Waals surface area contributed by atoms with Crippen LogP contribution in [0.3, 0.4) is 0 Å². The molecule has 0 spiro atoms. The van der Waals surface area contributed by atoms with Crippen LogP contribution in [0.2, 0.25) is 0 Å². The van der Waals surface area contributed by atoms with Crippen molar-refractivity contribution in [3.8, 4) is 5.75 Å². The van der Waals surface area contributed by atoms with Gasteiger partial charge in [-0.2, -0.15) is 0 Å². The van der Waals surface area contributed by atoms with Crippen molar-refractivity contribution in [2.75, 3.05) is 6.61 Å². The molecule has 0 aliphatic carbocycles. The zero-order chi connectivity index (χ0) is 11.4. The summed E-state index contributed by atoms with van der Waals surface area (Å²) >= 11 is 6.36. The van der Waals surface area contributed by atoms with Gasteiger partial charge in [0.25, 0.3) is 6.43 Å². The zero-order valence-electron chi connectivity index (χ0n) is 7.51. The predicted molar refractivity (Wildman–Crippen MR) is 59.3 cm³/mol. The van der Waals surface area contributed by atoms with Crippen LogP contribution in [0.25, 0.3) is 0 Å². The molecule has 0 saturated heterocycles. The van der Waals surface area contributed by atoms with Crippen LogP contribution in [0.4, 0.5) is 8.78 Å². The van der Waals surface area contributed by atoms with Crippen molar-refractivity contribution < 1.29 is 18.6 Å². The smallest absolute Gasteiger partial charge is 0.272 e. The Kier molecular flexibility index (Phi) is 4.95. The second-order valence-electron chi connectivity index (χ2n) is 2.75. The summed E-state index contributed by atoms with van der Waals surface area (Å²) in [7, 11) is 0. The molecule has 1 N–H and O–H groups in total. The van der Waals surface area contributed by atoms with Crippen LogP contribution in [-0.2, 0) is 6.61 Å². The molecule has 0 saturated carbocycles. The van der Waals surface area contributed by atoms with Crippen molar-refractivity contribution in [1.82, 2.24) is 0 Å². The van der Waals surface area contributed by atoms with Crippen LogP contribution < -0.4 is 4.74 Å². The van der Waals surface area contributed by atoms with E-state index in [0.29, 0.717) is 20.3 Å². The van der Waals surface area contributed by atoms with Crippen LogP contribution in [0.1, 0.15) is 5.56 Å². The standard InChI is InChI=1S/C9H8Br2F2O2/c10-6-1-5(3-14)2-7(11)9(6)15-4-8(12)13/h1-2,8,14H,3-4H2. The number of aliphatic hydroxyl groups excluding tert-OH is 1. The number of aliphatic hydroxyl groups is 1. The highest BCUT2D eigenvalue weighted by Crippen LogP contribution is 2.34. The minimum atomic E-state index is -2.51. The third-order valence-electron chi connectivity index (χ3n) is 1.59. The Balaban J connectivity index is 2.88. The molecule has 0 aliphatic heterocycles. The van der Waals surface area contributed by atoms with Crippen LogP contribution in [-0.4, -0.2) is 18.1 Å². The van der Waals surface area contributed by atoms with Crippen molar-refractivity contribution in [2.24, 2.45) is 0 Å². The monoisotopic (exact) mass is 344 g/mol. The highest BCUT2D eigenvalue weighted by atomic mass is 79.9. The van der Waals surface area contributed by atoms with E-state index < -0.39 is 13.0 Å². The van der Waals surface area contributed by atoms with E-state index in [2.05, 4.69) is 31.9 Å². The van der Waals surface area contributed by atoms with E-state index in [0.717, 1.165) is 0 Å². The first-order chi connectivity index (χ1) is 7.04. The third kappa shape index (κ3) is 3.70. The van der Waals surface area contributed by atoms with Gasteiger partial charge in [-0.05, 0) is 49.6 Å². The van der Waals surface area contributed by atoms with Crippen molar-refractivity contribution in [2.45, 2.75) is 13.0 Å². The summed E-state index contributed by atoms with van der Waals surface area (Å²) in [5, 5.41) is 8.89. The quantitative estimate of drug-likeness (QED) is 0.906. The van der Waals surface area contributed by atoms with Crippen molar-refractivity contribution >= 4 is 31.9 Å². The molecule has 6 heteroatoms. The molecule has 0 aliphatic rings. The molecule has 15 heavy (non-hydrogen) atoms. The number of rotatable bonds is 4. The third-order valence-corrected chi connectivity index (χ3v) is 2.77. The van der Waals surface area contributed by atoms with Gasteiger partial charge in [0.2, 0.25) is 0 Å². The lowest BCUT2D eigenvalue weighted by Crippen LogP contribution is -2.07. The zero-order valence-corrected chi connectivity index (χ0v) is 10.7. The van der Waals surface area contributed by atoms with Crippen LogP contribution in [0.15, 0.2) is 21.1 Å². The topological polar surface area (TPSA) is 29.5 Å². The Morgan fingerprint density at radius 3 is 2.20 bits per heavy atom. The summed E-state index contributed by atoms with van der Waals surface area (Å²) < 4.78 is 29.8. The summed E-state index contributed by atoms with van der Waals surface area (Å²) in [5.41, 5.74) is 0.665. The van der Waals surface area contributed by atoms with Crippen molar-refractivity contribution in [3.63, 3.8) is 0 Å². The maximum Gasteiger partial charge on any atom is 0.272 e. The molecule has 84 valence electrons. The lowest BCUT2D eigenvalue weighted by molar-refractivity contribution is 0.0811. The number of alkyl halides is 2. The molecule has 0 fully saturated rings. The number of benzene rings is 1. The Hall–Kier alpha value is -0.200. The van der Waals surface area contributed by atoms with Gasteiger partial charge in [0, 0.05) is 0 Å². The van der Waals surface area contributed by atoms with E-state index in [-0.39, 0.29) is 6.61 Å². The van der Waals surface area contributed by atoms with E-state index in [9.17, 15) is 8.78 Å². The summed E-state index contributed by atoms with van der Waals surface area (Å²) in [5.74, 6) is 0.313. The first-order valence-corrected chi connectivity index (χ1v) is 5.63. The van der Waals surface area contributed by atoms with E-state index >= 15 is 0 Å². The van der Waals surface area contributed by atoms with Crippen molar-refractivity contribution in [3.05, 3.63) is 26.6 Å². The summed E-state index contributed by atoms with van der Waals surface area (Å²) in [6, 6.07) is 3.23. The van der Waals surface area contributed by atoms with Gasteiger partial charge in [-0.1, -0.05) is 0 Å². The summed E-state index contributed by atoms with van der Waals surface area (Å²) in [4.78, 5) is 0. The first kappa shape index (κ1) is 12.9. The average Bonchev–Trinajstić information content (AvgIpc) is 2.15. The maximum atomic E-state index is 11.9. The molecular formula is C9H8Br2F2O2. The SMILES string of the molecule is OCc1cc(Br)c(OCC(F)F)c(Br)c1. The number of ether oxygens (including phenoxy) is 1. The molecule has 2 nitrogen and oxygen atoms in total. The molecule has 1 rings (SSSR count). The lowest BCUT2D eigenvalue weighted by atomic mass is 10.2. The first-order valence-electron chi connectivity index (χ1n) is 4.04. The highest BCUT2D eigenvalue weighted by Gasteiger charge is 2.11. The fourth-order valence-electron chi connectivity index (χ4n) is 0.988. The Morgan fingerprint density at radius 1 is 1.27 bits per heavy atom. The fraction of sp³-hybridized carbons (Fsp3) is 0.333. The molecule has 0 radical (unpaired) electrons. The molecule has 0 aromatic heterocycles. The van der Waals surface area contributed by atoms with Gasteiger partial charge >= 0.3 is 0 Å². The second-order valence-corrected chi connectivity index (χ2v) is 4.46. The van der Waals surface area contributed by atoms with Gasteiger partial charge in [-0.3, -0.25) is 0 Å². The van der Waals surface area contributed by atoms with Gasteiger partial charge in [-0.25, -0.2) is 8.78 Å².